The van der Waals surface area contributed by atoms with E-state index >= 15 is 0 Å². The molecule has 0 spiro atoms. The highest BCUT2D eigenvalue weighted by molar-refractivity contribution is 9.10. The smallest absolute Gasteiger partial charge is 0.244 e. The molecular weight excluding hydrogens is 432 g/mol. The summed E-state index contributed by atoms with van der Waals surface area (Å²) in [4.78, 5) is 2.10. The molecule has 0 saturated heterocycles. The van der Waals surface area contributed by atoms with Crippen LogP contribution in [0.3, 0.4) is 0 Å². The van der Waals surface area contributed by atoms with Gasteiger partial charge in [-0.2, -0.15) is 4.31 Å². The molecule has 0 aliphatic heterocycles. The fraction of sp³-hybridized carbons (Fsp3) is 0.368. The van der Waals surface area contributed by atoms with E-state index in [-0.39, 0.29) is 11.4 Å². The van der Waals surface area contributed by atoms with Crippen LogP contribution in [0.2, 0.25) is 0 Å². The van der Waals surface area contributed by atoms with Crippen LogP contribution < -0.4 is 9.47 Å². The lowest BCUT2D eigenvalue weighted by Gasteiger charge is -2.25. The standard InChI is InChI=1S/C19H25BrN2O4S/c1-21(2)10-11-22(14-15-8-6-5-7-9-15)27(23,24)19-13-18(26-4)17(25-3)12-16(19)20/h5-9,12-13H,10-11,14H2,1-4H3. The first kappa shape index (κ1) is 21.7. The summed E-state index contributed by atoms with van der Waals surface area (Å²) in [5, 5.41) is 0. The lowest BCUT2D eigenvalue weighted by molar-refractivity contribution is 0.328. The number of rotatable bonds is 9. The van der Waals surface area contributed by atoms with E-state index in [9.17, 15) is 8.42 Å². The Morgan fingerprint density at radius 1 is 0.963 bits per heavy atom. The lowest BCUT2D eigenvalue weighted by Crippen LogP contribution is -2.36. The Morgan fingerprint density at radius 2 is 1.56 bits per heavy atom. The van der Waals surface area contributed by atoms with Crippen molar-refractivity contribution in [3.63, 3.8) is 0 Å². The Balaban J connectivity index is 2.46. The topological polar surface area (TPSA) is 59.1 Å². The summed E-state index contributed by atoms with van der Waals surface area (Å²) in [5.74, 6) is 0.831. The first-order valence-corrected chi connectivity index (χ1v) is 10.6. The van der Waals surface area contributed by atoms with Gasteiger partial charge in [-0.15, -0.1) is 0 Å². The summed E-state index contributed by atoms with van der Waals surface area (Å²) in [7, 11) is 3.07. The SMILES string of the molecule is COc1cc(Br)c(S(=O)(=O)N(CCN(C)C)Cc2ccccc2)cc1OC. The molecule has 0 aromatic heterocycles. The van der Waals surface area contributed by atoms with Gasteiger partial charge in [0.2, 0.25) is 10.0 Å². The predicted molar refractivity (Wildman–Crippen MR) is 110 cm³/mol. The van der Waals surface area contributed by atoms with Crippen LogP contribution in [-0.2, 0) is 16.6 Å². The summed E-state index contributed by atoms with van der Waals surface area (Å²) in [6.45, 7) is 1.26. The molecule has 0 aliphatic carbocycles. The molecule has 0 N–H and O–H groups in total. The second-order valence-electron chi connectivity index (χ2n) is 6.27. The van der Waals surface area contributed by atoms with Crippen molar-refractivity contribution < 1.29 is 17.9 Å². The number of halogens is 1. The molecule has 27 heavy (non-hydrogen) atoms. The van der Waals surface area contributed by atoms with Crippen LogP contribution in [0.5, 0.6) is 11.5 Å². The van der Waals surface area contributed by atoms with Gasteiger partial charge in [-0.25, -0.2) is 8.42 Å². The summed E-state index contributed by atoms with van der Waals surface area (Å²) in [6.07, 6.45) is 0. The molecule has 0 bridgehead atoms. The monoisotopic (exact) mass is 456 g/mol. The molecule has 148 valence electrons. The number of sulfonamides is 1. The van der Waals surface area contributed by atoms with Crippen molar-refractivity contribution in [2.24, 2.45) is 0 Å². The highest BCUT2D eigenvalue weighted by atomic mass is 79.9. The molecule has 0 atom stereocenters. The molecule has 0 fully saturated rings. The average molecular weight is 457 g/mol. The molecule has 8 heteroatoms. The van der Waals surface area contributed by atoms with Gasteiger partial charge >= 0.3 is 0 Å². The van der Waals surface area contributed by atoms with Gasteiger partial charge in [-0.05, 0) is 41.7 Å². The molecule has 2 rings (SSSR count). The molecule has 0 saturated carbocycles. The normalized spacial score (nSPS) is 11.8. The molecular formula is C19H25BrN2O4S. The Hall–Kier alpha value is -1.61. The molecule has 2 aromatic rings. The highest BCUT2D eigenvalue weighted by Crippen LogP contribution is 2.37. The summed E-state index contributed by atoms with van der Waals surface area (Å²) < 4.78 is 39.3. The zero-order chi connectivity index (χ0) is 20.0. The zero-order valence-electron chi connectivity index (χ0n) is 16.0. The van der Waals surface area contributed by atoms with E-state index in [1.54, 1.807) is 6.07 Å². The number of hydrogen-bond acceptors (Lipinski definition) is 5. The van der Waals surface area contributed by atoms with Gasteiger partial charge in [0.25, 0.3) is 0 Å². The minimum absolute atomic E-state index is 0.148. The Labute approximate surface area is 169 Å². The number of methoxy groups -OCH3 is 2. The number of ether oxygens (including phenoxy) is 2. The Morgan fingerprint density at radius 3 is 2.11 bits per heavy atom. The highest BCUT2D eigenvalue weighted by Gasteiger charge is 2.28. The van der Waals surface area contributed by atoms with Crippen molar-refractivity contribution in [3.8, 4) is 11.5 Å². The van der Waals surface area contributed by atoms with Gasteiger partial charge in [0.05, 0.1) is 14.2 Å². The average Bonchev–Trinajstić information content (AvgIpc) is 2.65. The number of nitrogens with zero attached hydrogens (tertiary/aromatic N) is 2. The van der Waals surface area contributed by atoms with Crippen LogP contribution in [0.1, 0.15) is 5.56 Å². The van der Waals surface area contributed by atoms with E-state index in [1.165, 1.54) is 24.6 Å². The van der Waals surface area contributed by atoms with Crippen LogP contribution in [0.4, 0.5) is 0 Å². The van der Waals surface area contributed by atoms with E-state index in [0.717, 1.165) is 5.56 Å². The van der Waals surface area contributed by atoms with Crippen LogP contribution in [-0.4, -0.2) is 59.0 Å². The predicted octanol–water partition coefficient (Wildman–Crippen LogP) is 3.22. The molecule has 0 heterocycles. The lowest BCUT2D eigenvalue weighted by atomic mass is 10.2. The molecule has 0 amide bonds. The molecule has 0 unspecified atom stereocenters. The summed E-state index contributed by atoms with van der Waals surface area (Å²) in [6, 6.07) is 12.7. The van der Waals surface area contributed by atoms with Gasteiger partial charge in [0.1, 0.15) is 4.90 Å². The van der Waals surface area contributed by atoms with Crippen LogP contribution >= 0.6 is 15.9 Å². The van der Waals surface area contributed by atoms with Crippen molar-refractivity contribution in [1.29, 1.82) is 0 Å². The van der Waals surface area contributed by atoms with Gasteiger partial charge in [0.15, 0.2) is 11.5 Å². The second kappa shape index (κ2) is 9.54. The second-order valence-corrected chi connectivity index (χ2v) is 9.03. The Kier molecular flexibility index (Phi) is 7.67. The molecule has 6 nitrogen and oxygen atoms in total. The number of likely N-dealkylation sites (N-methyl/N-ethyl adjacent to an activating group) is 1. The first-order valence-electron chi connectivity index (χ1n) is 8.40. The molecule has 0 radical (unpaired) electrons. The minimum atomic E-state index is -3.76. The number of benzene rings is 2. The number of hydrogen-bond donors (Lipinski definition) is 0. The maximum Gasteiger partial charge on any atom is 0.244 e. The van der Waals surface area contributed by atoms with Crippen molar-refractivity contribution in [3.05, 3.63) is 52.5 Å². The van der Waals surface area contributed by atoms with E-state index in [0.29, 0.717) is 29.1 Å². The van der Waals surface area contributed by atoms with E-state index in [1.807, 2.05) is 49.3 Å². The summed E-state index contributed by atoms with van der Waals surface area (Å²) >= 11 is 3.37. The van der Waals surface area contributed by atoms with Gasteiger partial charge < -0.3 is 14.4 Å². The van der Waals surface area contributed by atoms with Gasteiger partial charge in [-0.3, -0.25) is 0 Å². The van der Waals surface area contributed by atoms with Crippen LogP contribution in [0, 0.1) is 0 Å². The first-order chi connectivity index (χ1) is 12.8. The van der Waals surface area contributed by atoms with Crippen molar-refractivity contribution >= 4 is 26.0 Å². The maximum absolute atomic E-state index is 13.4. The van der Waals surface area contributed by atoms with Crippen molar-refractivity contribution in [1.82, 2.24) is 9.21 Å². The Bertz CT molecular complexity index is 858. The van der Waals surface area contributed by atoms with E-state index in [4.69, 9.17) is 9.47 Å². The molecule has 0 aliphatic rings. The third kappa shape index (κ3) is 5.44. The van der Waals surface area contributed by atoms with Crippen LogP contribution in [0.25, 0.3) is 0 Å². The van der Waals surface area contributed by atoms with Crippen LogP contribution in [0.15, 0.2) is 51.8 Å². The fourth-order valence-electron chi connectivity index (χ4n) is 2.56. The third-order valence-electron chi connectivity index (χ3n) is 4.05. The van der Waals surface area contributed by atoms with Gasteiger partial charge in [0, 0.05) is 30.2 Å². The zero-order valence-corrected chi connectivity index (χ0v) is 18.4. The maximum atomic E-state index is 13.4. The van der Waals surface area contributed by atoms with Crippen molar-refractivity contribution in [2.45, 2.75) is 11.4 Å². The summed E-state index contributed by atoms with van der Waals surface area (Å²) in [5.41, 5.74) is 0.927. The fourth-order valence-corrected chi connectivity index (χ4v) is 4.97. The minimum Gasteiger partial charge on any atom is -0.493 e. The quantitative estimate of drug-likeness (QED) is 0.579. The largest absolute Gasteiger partial charge is 0.493 e. The van der Waals surface area contributed by atoms with Crippen molar-refractivity contribution in [2.75, 3.05) is 41.4 Å². The van der Waals surface area contributed by atoms with E-state index in [2.05, 4.69) is 15.9 Å². The molecule has 2 aromatic carbocycles. The van der Waals surface area contributed by atoms with E-state index < -0.39 is 10.0 Å². The van der Waals surface area contributed by atoms with Gasteiger partial charge in [-0.1, -0.05) is 30.3 Å². The third-order valence-corrected chi connectivity index (χ3v) is 6.86.